The van der Waals surface area contributed by atoms with Gasteiger partial charge >= 0.3 is 6.16 Å². The van der Waals surface area contributed by atoms with Gasteiger partial charge in [-0.2, -0.15) is 0 Å². The van der Waals surface area contributed by atoms with E-state index in [1.54, 1.807) is 24.3 Å². The highest BCUT2D eigenvalue weighted by Crippen LogP contribution is 2.32. The molecular formula is C33H41BrN6O11S. The average Bonchev–Trinajstić information content (AvgIpc) is 3.14. The van der Waals surface area contributed by atoms with Gasteiger partial charge in [-0.3, -0.25) is 14.4 Å². The molecule has 2 aromatic carbocycles. The van der Waals surface area contributed by atoms with E-state index in [4.69, 9.17) is 24.5 Å². The number of alkyl halides is 1. The lowest BCUT2D eigenvalue weighted by atomic mass is 9.95. The van der Waals surface area contributed by atoms with Crippen molar-refractivity contribution >= 4 is 62.9 Å². The van der Waals surface area contributed by atoms with Crippen molar-refractivity contribution < 1.29 is 53.4 Å². The lowest BCUT2D eigenvalue weighted by Gasteiger charge is -2.40. The summed E-state index contributed by atoms with van der Waals surface area (Å²) in [4.78, 5) is 55.6. The van der Waals surface area contributed by atoms with Crippen molar-refractivity contribution in [2.24, 2.45) is 11.0 Å². The van der Waals surface area contributed by atoms with Crippen LogP contribution in [-0.4, -0.2) is 111 Å². The zero-order chi connectivity index (χ0) is 37.8. The number of thioether (sulfide) groups is 1. The molecule has 2 aliphatic rings. The quantitative estimate of drug-likeness (QED) is 0.0604. The molecule has 4 rings (SSSR count). The Labute approximate surface area is 312 Å². The third-order valence-electron chi connectivity index (χ3n) is 8.15. The molecular weight excluding hydrogens is 768 g/mol. The minimum absolute atomic E-state index is 0.0220. The number of aliphatic hydroxyl groups is 3. The summed E-state index contributed by atoms with van der Waals surface area (Å²) in [6.07, 6.45) is -7.72. The Morgan fingerprint density at radius 2 is 1.63 bits per heavy atom. The maximum atomic E-state index is 13.9. The number of nitrogens with zero attached hydrogens (tertiary/aromatic N) is 4. The van der Waals surface area contributed by atoms with Crippen molar-refractivity contribution in [3.8, 4) is 5.75 Å². The summed E-state index contributed by atoms with van der Waals surface area (Å²) >= 11 is 4.32. The van der Waals surface area contributed by atoms with Crippen LogP contribution < -0.4 is 15.4 Å². The molecule has 0 aromatic heterocycles. The number of piperidine rings is 1. The predicted octanol–water partition coefficient (Wildman–Crippen LogP) is 3.69. The van der Waals surface area contributed by atoms with Crippen LogP contribution in [0.5, 0.6) is 5.75 Å². The fourth-order valence-electron chi connectivity index (χ4n) is 5.45. The van der Waals surface area contributed by atoms with Crippen molar-refractivity contribution in [2.45, 2.75) is 67.9 Å². The number of hydrogen-bond donors (Lipinski definition) is 5. The second kappa shape index (κ2) is 19.7. The lowest BCUT2D eigenvalue weighted by Crippen LogP contribution is -2.58. The summed E-state index contributed by atoms with van der Waals surface area (Å²) in [5, 5.41) is 40.2. The number of ether oxygens (including phenoxy) is 4. The van der Waals surface area contributed by atoms with E-state index < -0.39 is 60.5 Å². The van der Waals surface area contributed by atoms with E-state index in [0.717, 1.165) is 0 Å². The monoisotopic (exact) mass is 808 g/mol. The molecule has 5 N–H and O–H groups in total. The molecule has 0 radical (unpaired) electrons. The first-order valence-electron chi connectivity index (χ1n) is 16.4. The Bertz CT molecular complexity index is 1570. The summed E-state index contributed by atoms with van der Waals surface area (Å²) < 4.78 is 21.8. The number of halogens is 1. The molecule has 0 aliphatic carbocycles. The number of rotatable bonds is 14. The third kappa shape index (κ3) is 11.4. The Balaban J connectivity index is 1.39. The molecule has 2 aromatic rings. The van der Waals surface area contributed by atoms with Crippen LogP contribution in [0, 0.1) is 5.92 Å². The molecule has 3 amide bonds. The van der Waals surface area contributed by atoms with Gasteiger partial charge in [0.25, 0.3) is 5.91 Å². The molecule has 4 unspecified atom stereocenters. The largest absolute Gasteiger partial charge is 0.509 e. The van der Waals surface area contributed by atoms with Crippen molar-refractivity contribution in [1.82, 2.24) is 4.90 Å². The smallest absolute Gasteiger partial charge is 0.488 e. The summed E-state index contributed by atoms with van der Waals surface area (Å²) in [6.45, 7) is 3.31. The molecule has 52 heavy (non-hydrogen) atoms. The molecule has 0 spiro atoms. The maximum Gasteiger partial charge on any atom is 0.509 e. The van der Waals surface area contributed by atoms with E-state index in [0.29, 0.717) is 30.0 Å². The third-order valence-corrected chi connectivity index (χ3v) is 9.86. The summed E-state index contributed by atoms with van der Waals surface area (Å²) in [5.74, 6) is -1.08. The molecule has 0 saturated carbocycles. The van der Waals surface area contributed by atoms with Crippen LogP contribution in [0.25, 0.3) is 10.4 Å². The van der Waals surface area contributed by atoms with E-state index in [1.165, 1.54) is 40.9 Å². The molecule has 0 bridgehead atoms. The minimum Gasteiger partial charge on any atom is -0.488 e. The first-order chi connectivity index (χ1) is 24.9. The van der Waals surface area contributed by atoms with Crippen LogP contribution in [0.3, 0.4) is 0 Å². The molecule has 17 nitrogen and oxygen atoms in total. The molecule has 282 valence electrons. The van der Waals surface area contributed by atoms with Crippen LogP contribution in [0.2, 0.25) is 0 Å². The summed E-state index contributed by atoms with van der Waals surface area (Å²) in [6, 6.07) is 12.7. The normalized spacial score (nSPS) is 22.4. The summed E-state index contributed by atoms with van der Waals surface area (Å²) in [5.41, 5.74) is 9.00. The number of nitrogens with one attached hydrogen (secondary N) is 2. The predicted molar refractivity (Wildman–Crippen MR) is 192 cm³/mol. The Morgan fingerprint density at radius 1 is 1.00 bits per heavy atom. The Hall–Kier alpha value is -4.10. The second-order valence-corrected chi connectivity index (χ2v) is 14.4. The number of hydrogen-bond acceptors (Lipinski definition) is 13. The van der Waals surface area contributed by atoms with Gasteiger partial charge in [0.05, 0.1) is 5.33 Å². The standard InChI is InChI=1S/C33H41BrN6O11S/c1-18(2)52-32-28(44)27(43)26(42)24(50-32)16-48-33(47)51-29(19-3-9-23(10-4-19)49-17-36-39-35)31(46)40-13-11-20(12-14-40)30(45)38-22-7-5-21(6-8-22)37-25(41)15-34/h3-10,18,20,24,26-29,32,42-44H,11-17H2,1-2H3,(H,37,41)(H,38,45)/t24?,26-,27?,28?,29?,32-/m0/s1. The minimum atomic E-state index is -1.56. The van der Waals surface area contributed by atoms with Gasteiger partial charge in [-0.25, -0.2) is 4.79 Å². The first-order valence-corrected chi connectivity index (χ1v) is 18.4. The molecule has 2 heterocycles. The van der Waals surface area contributed by atoms with Gasteiger partial charge in [0.15, 0.2) is 6.73 Å². The van der Waals surface area contributed by atoms with Gasteiger partial charge in [0, 0.05) is 46.1 Å². The highest BCUT2D eigenvalue weighted by Gasteiger charge is 2.45. The number of carbonyl (C=O) groups excluding carboxylic acids is 4. The number of anilines is 2. The van der Waals surface area contributed by atoms with Gasteiger partial charge in [0.1, 0.15) is 42.2 Å². The fourth-order valence-corrected chi connectivity index (χ4v) is 6.65. The number of amides is 3. The number of benzene rings is 2. The van der Waals surface area contributed by atoms with Crippen LogP contribution in [0.15, 0.2) is 53.6 Å². The van der Waals surface area contributed by atoms with Gasteiger partial charge in [0.2, 0.25) is 17.9 Å². The molecule has 2 fully saturated rings. The molecule has 19 heteroatoms. The fraction of sp³-hybridized carbons (Fsp3) is 0.515. The maximum absolute atomic E-state index is 13.9. The number of likely N-dealkylation sites (tertiary alicyclic amines) is 1. The number of carbonyl (C=O) groups is 4. The number of azide groups is 1. The van der Waals surface area contributed by atoms with Gasteiger partial charge < -0.3 is 49.8 Å². The van der Waals surface area contributed by atoms with Gasteiger partial charge in [-0.15, -0.1) is 11.8 Å². The zero-order valence-electron chi connectivity index (χ0n) is 28.4. The van der Waals surface area contributed by atoms with E-state index >= 15 is 0 Å². The number of aliphatic hydroxyl groups excluding tert-OH is 3. The Morgan fingerprint density at radius 3 is 2.23 bits per heavy atom. The van der Waals surface area contributed by atoms with Crippen molar-refractivity contribution in [3.05, 3.63) is 64.5 Å². The van der Waals surface area contributed by atoms with Crippen LogP contribution in [0.1, 0.15) is 38.4 Å². The van der Waals surface area contributed by atoms with Crippen LogP contribution in [0.4, 0.5) is 16.2 Å². The molecule has 2 saturated heterocycles. The highest BCUT2D eigenvalue weighted by atomic mass is 79.9. The highest BCUT2D eigenvalue weighted by molar-refractivity contribution is 9.09. The molecule has 6 atom stereocenters. The van der Waals surface area contributed by atoms with Crippen molar-refractivity contribution in [2.75, 3.05) is 42.4 Å². The summed E-state index contributed by atoms with van der Waals surface area (Å²) in [7, 11) is 0. The van der Waals surface area contributed by atoms with Gasteiger partial charge in [-0.05, 0) is 54.8 Å². The van der Waals surface area contributed by atoms with E-state index in [2.05, 4.69) is 36.6 Å². The Kier molecular flexibility index (Phi) is 15.4. The van der Waals surface area contributed by atoms with E-state index in [1.807, 2.05) is 13.8 Å². The lowest BCUT2D eigenvalue weighted by molar-refractivity contribution is -0.207. The topological polar surface area (TPSA) is 242 Å². The second-order valence-electron chi connectivity index (χ2n) is 12.2. The van der Waals surface area contributed by atoms with Crippen molar-refractivity contribution in [3.63, 3.8) is 0 Å². The zero-order valence-corrected chi connectivity index (χ0v) is 30.8. The van der Waals surface area contributed by atoms with Gasteiger partial charge in [-0.1, -0.05) is 47.0 Å². The molecule has 2 aliphatic heterocycles. The van der Waals surface area contributed by atoms with E-state index in [-0.39, 0.29) is 47.8 Å². The SMILES string of the molecule is CC(C)S[C@@H]1OC(COC(=O)OC(C(=O)N2CCC(C(=O)Nc3ccc(NC(=O)CBr)cc3)CC2)c2ccc(OCN=[N+]=[N-])cc2)[C@H](O)C(O)C1O. The van der Waals surface area contributed by atoms with Crippen molar-refractivity contribution in [1.29, 1.82) is 0 Å². The van der Waals surface area contributed by atoms with Crippen LogP contribution in [-0.2, 0) is 28.6 Å². The average molecular weight is 810 g/mol. The van der Waals surface area contributed by atoms with Crippen LogP contribution >= 0.6 is 27.7 Å². The van der Waals surface area contributed by atoms with E-state index in [9.17, 15) is 34.5 Å². The first kappa shape index (κ1) is 40.7.